The van der Waals surface area contributed by atoms with E-state index in [1.807, 2.05) is 0 Å². The molecule has 5 nitrogen and oxygen atoms in total. The lowest BCUT2D eigenvalue weighted by Gasteiger charge is -2.15. The number of hydrogen-bond donors (Lipinski definition) is 1. The second kappa shape index (κ2) is 14.0. The van der Waals surface area contributed by atoms with Crippen LogP contribution in [0, 0.1) is 0 Å². The molecule has 0 radical (unpaired) electrons. The van der Waals surface area contributed by atoms with Gasteiger partial charge in [0, 0.05) is 6.08 Å². The summed E-state index contributed by atoms with van der Waals surface area (Å²) < 4.78 is 16.7. The Hall–Kier alpha value is -2.17. The van der Waals surface area contributed by atoms with Gasteiger partial charge < -0.3 is 19.3 Å². The lowest BCUT2D eigenvalue weighted by molar-refractivity contribution is -0.131. The number of carboxylic acid groups (broad SMARTS) is 1. The van der Waals surface area contributed by atoms with Gasteiger partial charge in [0.1, 0.15) is 0 Å². The van der Waals surface area contributed by atoms with Gasteiger partial charge in [0.2, 0.25) is 5.75 Å². The number of benzene rings is 1. The molecule has 152 valence electrons. The van der Waals surface area contributed by atoms with Crippen molar-refractivity contribution in [1.29, 1.82) is 0 Å². The second-order valence-electron chi connectivity index (χ2n) is 6.60. The molecule has 1 aromatic rings. The molecule has 27 heavy (non-hydrogen) atoms. The molecule has 0 spiro atoms. The minimum Gasteiger partial charge on any atom is -0.493 e. The van der Waals surface area contributed by atoms with Crippen LogP contribution in [0.2, 0.25) is 0 Å². The van der Waals surface area contributed by atoms with Crippen LogP contribution in [0.25, 0.3) is 6.08 Å². The largest absolute Gasteiger partial charge is 0.493 e. The molecular formula is C22H34O5. The molecule has 0 atom stereocenters. The van der Waals surface area contributed by atoms with Crippen molar-refractivity contribution in [2.45, 2.75) is 64.7 Å². The van der Waals surface area contributed by atoms with Crippen molar-refractivity contribution in [2.75, 3.05) is 20.8 Å². The zero-order valence-electron chi connectivity index (χ0n) is 17.0. The summed E-state index contributed by atoms with van der Waals surface area (Å²) in [5.74, 6) is 0.635. The van der Waals surface area contributed by atoms with Crippen LogP contribution in [-0.2, 0) is 4.79 Å². The van der Waals surface area contributed by atoms with Gasteiger partial charge in [-0.25, -0.2) is 4.79 Å². The summed E-state index contributed by atoms with van der Waals surface area (Å²) in [5.41, 5.74) is 0.682. The Kier molecular flexibility index (Phi) is 11.8. The van der Waals surface area contributed by atoms with Gasteiger partial charge in [0.25, 0.3) is 0 Å². The molecule has 0 aliphatic heterocycles. The Balaban J connectivity index is 2.46. The summed E-state index contributed by atoms with van der Waals surface area (Å²) in [6.45, 7) is 2.84. The molecule has 0 aliphatic carbocycles. The van der Waals surface area contributed by atoms with E-state index in [9.17, 15) is 4.79 Å². The highest BCUT2D eigenvalue weighted by Gasteiger charge is 2.13. The van der Waals surface area contributed by atoms with Gasteiger partial charge in [-0.3, -0.25) is 0 Å². The lowest BCUT2D eigenvalue weighted by atomic mass is 10.1. The van der Waals surface area contributed by atoms with Crippen LogP contribution >= 0.6 is 0 Å². The maximum Gasteiger partial charge on any atom is 0.328 e. The first-order valence-electron chi connectivity index (χ1n) is 9.92. The smallest absolute Gasteiger partial charge is 0.328 e. The molecule has 0 amide bonds. The quantitative estimate of drug-likeness (QED) is 0.313. The standard InChI is InChI=1S/C22H34O5/c1-4-5-6-7-8-9-10-11-12-15-27-22-19(25-2)16-18(13-14-21(23)24)17-20(22)26-3/h13-14,16-17H,4-12,15H2,1-3H3,(H,23,24)/b14-13+. The average molecular weight is 379 g/mol. The monoisotopic (exact) mass is 378 g/mol. The molecule has 1 rings (SSSR count). The normalized spacial score (nSPS) is 10.9. The maximum absolute atomic E-state index is 10.7. The first-order valence-corrected chi connectivity index (χ1v) is 9.92. The maximum atomic E-state index is 10.7. The topological polar surface area (TPSA) is 65.0 Å². The zero-order chi connectivity index (χ0) is 19.9. The number of carbonyl (C=O) groups is 1. The molecular weight excluding hydrogens is 344 g/mol. The van der Waals surface area contributed by atoms with Crippen molar-refractivity contribution < 1.29 is 24.1 Å². The first kappa shape index (κ1) is 22.9. The zero-order valence-corrected chi connectivity index (χ0v) is 17.0. The highest BCUT2D eigenvalue weighted by molar-refractivity contribution is 5.85. The van der Waals surface area contributed by atoms with E-state index >= 15 is 0 Å². The third-order valence-electron chi connectivity index (χ3n) is 4.40. The third-order valence-corrected chi connectivity index (χ3v) is 4.40. The number of hydrogen-bond acceptors (Lipinski definition) is 4. The number of unbranched alkanes of at least 4 members (excludes halogenated alkanes) is 8. The van der Waals surface area contributed by atoms with Gasteiger partial charge in [0.05, 0.1) is 20.8 Å². The van der Waals surface area contributed by atoms with E-state index in [2.05, 4.69) is 6.92 Å². The van der Waals surface area contributed by atoms with Crippen LogP contribution in [-0.4, -0.2) is 31.9 Å². The fraction of sp³-hybridized carbons (Fsp3) is 0.591. The van der Waals surface area contributed by atoms with Crippen molar-refractivity contribution in [3.63, 3.8) is 0 Å². The number of methoxy groups -OCH3 is 2. The Morgan fingerprint density at radius 2 is 1.44 bits per heavy atom. The van der Waals surface area contributed by atoms with Gasteiger partial charge in [-0.1, -0.05) is 58.3 Å². The molecule has 0 saturated carbocycles. The van der Waals surface area contributed by atoms with E-state index in [4.69, 9.17) is 19.3 Å². The van der Waals surface area contributed by atoms with Crippen LogP contribution in [0.5, 0.6) is 17.2 Å². The van der Waals surface area contributed by atoms with Crippen LogP contribution in [0.15, 0.2) is 18.2 Å². The first-order chi connectivity index (χ1) is 13.1. The summed E-state index contributed by atoms with van der Waals surface area (Å²) in [6, 6.07) is 3.49. The van der Waals surface area contributed by atoms with Crippen molar-refractivity contribution >= 4 is 12.0 Å². The summed E-state index contributed by atoms with van der Waals surface area (Å²) >= 11 is 0. The molecule has 1 aromatic carbocycles. The summed E-state index contributed by atoms with van der Waals surface area (Å²) in [7, 11) is 3.12. The van der Waals surface area contributed by atoms with Gasteiger partial charge in [-0.2, -0.15) is 0 Å². The second-order valence-corrected chi connectivity index (χ2v) is 6.60. The molecule has 0 heterocycles. The van der Waals surface area contributed by atoms with Gasteiger partial charge >= 0.3 is 5.97 Å². The molecule has 0 fully saturated rings. The summed E-state index contributed by atoms with van der Waals surface area (Å²) in [4.78, 5) is 10.7. The van der Waals surface area contributed by atoms with E-state index in [0.29, 0.717) is 29.4 Å². The summed E-state index contributed by atoms with van der Waals surface area (Å²) in [6.07, 6.45) is 13.9. The molecule has 0 saturated heterocycles. The Morgan fingerprint density at radius 1 is 0.926 bits per heavy atom. The van der Waals surface area contributed by atoms with E-state index in [1.54, 1.807) is 26.4 Å². The van der Waals surface area contributed by atoms with Crippen LogP contribution < -0.4 is 14.2 Å². The highest BCUT2D eigenvalue weighted by atomic mass is 16.5. The number of aliphatic carboxylic acids is 1. The molecule has 0 aliphatic rings. The van der Waals surface area contributed by atoms with Gasteiger partial charge in [-0.15, -0.1) is 0 Å². The Morgan fingerprint density at radius 3 is 1.93 bits per heavy atom. The predicted octanol–water partition coefficient (Wildman–Crippen LogP) is 5.71. The molecule has 1 N–H and O–H groups in total. The fourth-order valence-electron chi connectivity index (χ4n) is 2.89. The lowest BCUT2D eigenvalue weighted by Crippen LogP contribution is -2.02. The minimum atomic E-state index is -1.00. The predicted molar refractivity (Wildman–Crippen MR) is 109 cm³/mol. The highest BCUT2D eigenvalue weighted by Crippen LogP contribution is 2.39. The van der Waals surface area contributed by atoms with E-state index in [-0.39, 0.29) is 0 Å². The van der Waals surface area contributed by atoms with Crippen molar-refractivity contribution in [1.82, 2.24) is 0 Å². The van der Waals surface area contributed by atoms with Crippen molar-refractivity contribution in [3.05, 3.63) is 23.8 Å². The Bertz CT molecular complexity index is 555. The van der Waals surface area contributed by atoms with Gasteiger partial charge in [-0.05, 0) is 30.2 Å². The van der Waals surface area contributed by atoms with Gasteiger partial charge in [0.15, 0.2) is 11.5 Å². The molecule has 5 heteroatoms. The fourth-order valence-corrected chi connectivity index (χ4v) is 2.89. The van der Waals surface area contributed by atoms with E-state index in [0.717, 1.165) is 18.9 Å². The van der Waals surface area contributed by atoms with Crippen molar-refractivity contribution in [2.24, 2.45) is 0 Å². The number of carboxylic acids is 1. The number of rotatable bonds is 15. The minimum absolute atomic E-state index is 0.537. The molecule has 0 bridgehead atoms. The molecule has 0 unspecified atom stereocenters. The number of ether oxygens (including phenoxy) is 3. The third kappa shape index (κ3) is 9.36. The summed E-state index contributed by atoms with van der Waals surface area (Å²) in [5, 5.41) is 8.77. The van der Waals surface area contributed by atoms with E-state index in [1.165, 1.54) is 51.0 Å². The van der Waals surface area contributed by atoms with Crippen molar-refractivity contribution in [3.8, 4) is 17.2 Å². The Labute approximate surface area is 163 Å². The van der Waals surface area contributed by atoms with Crippen LogP contribution in [0.4, 0.5) is 0 Å². The average Bonchev–Trinajstić information content (AvgIpc) is 2.67. The van der Waals surface area contributed by atoms with Crippen LogP contribution in [0.3, 0.4) is 0 Å². The van der Waals surface area contributed by atoms with E-state index < -0.39 is 5.97 Å². The van der Waals surface area contributed by atoms with Crippen LogP contribution in [0.1, 0.15) is 70.3 Å². The molecule has 0 aromatic heterocycles. The SMILES string of the molecule is CCCCCCCCCCCOc1c(OC)cc(/C=C/C(=O)O)cc1OC.